The molecule has 3 heterocycles. The number of carbonyl (C=O) groups excluding carboxylic acids is 1. The van der Waals surface area contributed by atoms with Crippen LogP contribution < -0.4 is 16.6 Å². The van der Waals surface area contributed by atoms with Crippen molar-refractivity contribution in [2.75, 3.05) is 5.73 Å². The van der Waals surface area contributed by atoms with Crippen LogP contribution in [0.3, 0.4) is 0 Å². The first kappa shape index (κ1) is 21.7. The van der Waals surface area contributed by atoms with Crippen molar-refractivity contribution in [1.29, 1.82) is 0 Å². The molecule has 2 aromatic carbocycles. The second kappa shape index (κ2) is 8.31. The Balaban J connectivity index is 1.65. The van der Waals surface area contributed by atoms with E-state index < -0.39 is 11.9 Å². The molecule has 34 heavy (non-hydrogen) atoms. The molecule has 170 valence electrons. The van der Waals surface area contributed by atoms with E-state index in [9.17, 15) is 9.59 Å². The van der Waals surface area contributed by atoms with Gasteiger partial charge in [0, 0.05) is 23.8 Å². The van der Waals surface area contributed by atoms with Gasteiger partial charge in [-0.15, -0.1) is 5.10 Å². The van der Waals surface area contributed by atoms with Crippen molar-refractivity contribution >= 4 is 39.7 Å². The maximum atomic E-state index is 13.7. The van der Waals surface area contributed by atoms with Crippen LogP contribution in [0.5, 0.6) is 0 Å². The van der Waals surface area contributed by atoms with Crippen LogP contribution in [0.1, 0.15) is 34.6 Å². The zero-order valence-corrected chi connectivity index (χ0v) is 19.2. The van der Waals surface area contributed by atoms with E-state index in [1.807, 2.05) is 50.2 Å². The summed E-state index contributed by atoms with van der Waals surface area (Å²) in [7, 11) is 0. The molecule has 0 bridgehead atoms. The van der Waals surface area contributed by atoms with E-state index >= 15 is 0 Å². The van der Waals surface area contributed by atoms with Gasteiger partial charge in [0.15, 0.2) is 11.5 Å². The maximum Gasteiger partial charge on any atom is 0.264 e. The first-order valence-corrected chi connectivity index (χ1v) is 11.0. The molecular formula is C25H21ClN6O2. The van der Waals surface area contributed by atoms with E-state index in [0.29, 0.717) is 32.8 Å². The third-order valence-electron chi connectivity index (χ3n) is 5.72. The molecule has 3 N–H and O–H groups in total. The summed E-state index contributed by atoms with van der Waals surface area (Å²) in [6.45, 7) is 3.76. The van der Waals surface area contributed by atoms with Crippen LogP contribution in [0.15, 0.2) is 71.8 Å². The van der Waals surface area contributed by atoms with Crippen LogP contribution in [0, 0.1) is 6.92 Å². The monoisotopic (exact) mass is 472 g/mol. The lowest BCUT2D eigenvalue weighted by atomic mass is 10.1. The quantitative estimate of drug-likeness (QED) is 0.410. The molecule has 0 fully saturated rings. The minimum atomic E-state index is -0.554. The summed E-state index contributed by atoms with van der Waals surface area (Å²) in [6, 6.07) is 15.9. The molecule has 8 nitrogen and oxygen atoms in total. The number of fused-ring (bicyclic) bond motifs is 2. The molecule has 0 radical (unpaired) electrons. The molecule has 9 heteroatoms. The standard InChI is InChI=1S/C25H21ClN6O2/c1-14-6-3-8-17(12-14)32-19(13-16-7-4-9-18(26)20(16)25(32)34)15(2)29-24(33)21-22(27)30-31-11-5-10-28-23(21)31/h3-13,15H,1-2H3,(H2,27,30)(H,29,33). The lowest BCUT2D eigenvalue weighted by Gasteiger charge is -2.21. The largest absolute Gasteiger partial charge is 0.381 e. The predicted octanol–water partition coefficient (Wildman–Crippen LogP) is 4.07. The molecule has 3 aromatic heterocycles. The molecule has 5 aromatic rings. The highest BCUT2D eigenvalue weighted by molar-refractivity contribution is 6.35. The van der Waals surface area contributed by atoms with Gasteiger partial charge < -0.3 is 11.1 Å². The zero-order valence-electron chi connectivity index (χ0n) is 18.5. The van der Waals surface area contributed by atoms with Crippen LogP contribution in [-0.4, -0.2) is 25.1 Å². The summed E-state index contributed by atoms with van der Waals surface area (Å²) in [6.07, 6.45) is 3.24. The average molecular weight is 473 g/mol. The third-order valence-corrected chi connectivity index (χ3v) is 6.04. The van der Waals surface area contributed by atoms with Crippen LogP contribution >= 0.6 is 11.6 Å². The van der Waals surface area contributed by atoms with Gasteiger partial charge >= 0.3 is 0 Å². The van der Waals surface area contributed by atoms with Gasteiger partial charge in [-0.2, -0.15) is 0 Å². The van der Waals surface area contributed by atoms with Crippen molar-refractivity contribution in [3.05, 3.63) is 99.2 Å². The van der Waals surface area contributed by atoms with Crippen molar-refractivity contribution in [2.24, 2.45) is 0 Å². The smallest absolute Gasteiger partial charge is 0.264 e. The van der Waals surface area contributed by atoms with Crippen molar-refractivity contribution < 1.29 is 4.79 Å². The first-order valence-electron chi connectivity index (χ1n) is 10.7. The molecule has 1 unspecified atom stereocenters. The molecule has 0 aliphatic heterocycles. The van der Waals surface area contributed by atoms with Gasteiger partial charge in [0.05, 0.1) is 16.5 Å². The van der Waals surface area contributed by atoms with Gasteiger partial charge in [-0.1, -0.05) is 35.9 Å². The number of nitrogens with two attached hydrogens (primary N) is 1. The Morgan fingerprint density at radius 2 is 1.94 bits per heavy atom. The molecule has 0 saturated heterocycles. The van der Waals surface area contributed by atoms with Gasteiger partial charge in [-0.25, -0.2) is 9.50 Å². The summed E-state index contributed by atoms with van der Waals surface area (Å²) in [5.74, 6) is -0.363. The molecule has 0 spiro atoms. The maximum absolute atomic E-state index is 13.7. The van der Waals surface area contributed by atoms with E-state index in [2.05, 4.69) is 15.4 Å². The number of halogens is 1. The number of hydrogen-bond acceptors (Lipinski definition) is 5. The van der Waals surface area contributed by atoms with Crippen molar-refractivity contribution in [1.82, 2.24) is 24.5 Å². The predicted molar refractivity (Wildman–Crippen MR) is 133 cm³/mol. The van der Waals surface area contributed by atoms with Crippen LogP contribution in [0.2, 0.25) is 5.02 Å². The number of hydrogen-bond donors (Lipinski definition) is 2. The van der Waals surface area contributed by atoms with Crippen LogP contribution in [-0.2, 0) is 0 Å². The van der Waals surface area contributed by atoms with Crippen LogP contribution in [0.4, 0.5) is 5.82 Å². The molecule has 0 aliphatic carbocycles. The molecule has 5 rings (SSSR count). The Bertz CT molecular complexity index is 1640. The molecule has 0 aliphatic rings. The fourth-order valence-electron chi connectivity index (χ4n) is 4.16. The highest BCUT2D eigenvalue weighted by Crippen LogP contribution is 2.26. The number of benzene rings is 2. The van der Waals surface area contributed by atoms with Gasteiger partial charge in [-0.05, 0) is 55.1 Å². The normalized spacial score (nSPS) is 12.2. The zero-order chi connectivity index (χ0) is 24.0. The van der Waals surface area contributed by atoms with Gasteiger partial charge in [0.2, 0.25) is 0 Å². The minimum Gasteiger partial charge on any atom is -0.381 e. The topological polar surface area (TPSA) is 107 Å². The number of carbonyl (C=O) groups is 1. The lowest BCUT2D eigenvalue weighted by Crippen LogP contribution is -2.32. The Morgan fingerprint density at radius 1 is 1.15 bits per heavy atom. The Kier molecular flexibility index (Phi) is 5.30. The second-order valence-electron chi connectivity index (χ2n) is 8.10. The second-order valence-corrected chi connectivity index (χ2v) is 8.50. The molecule has 1 amide bonds. The molecule has 0 saturated carbocycles. The number of aromatic nitrogens is 4. The van der Waals surface area contributed by atoms with E-state index in [1.54, 1.807) is 35.2 Å². The lowest BCUT2D eigenvalue weighted by molar-refractivity contribution is 0.0941. The highest BCUT2D eigenvalue weighted by Gasteiger charge is 2.23. The van der Waals surface area contributed by atoms with Crippen molar-refractivity contribution in [3.63, 3.8) is 0 Å². The van der Waals surface area contributed by atoms with Crippen molar-refractivity contribution in [2.45, 2.75) is 19.9 Å². The first-order chi connectivity index (χ1) is 16.3. The van der Waals surface area contributed by atoms with Crippen molar-refractivity contribution in [3.8, 4) is 5.69 Å². The number of rotatable bonds is 4. The number of aryl methyl sites for hydroxylation is 1. The number of anilines is 1. The third kappa shape index (κ3) is 3.58. The number of nitrogen functional groups attached to an aromatic ring is 1. The summed E-state index contributed by atoms with van der Waals surface area (Å²) in [4.78, 5) is 31.1. The van der Waals surface area contributed by atoms with E-state index in [4.69, 9.17) is 17.3 Å². The van der Waals surface area contributed by atoms with Gasteiger partial charge in [0.1, 0.15) is 5.56 Å². The Hall–Kier alpha value is -4.17. The van der Waals surface area contributed by atoms with E-state index in [0.717, 1.165) is 5.56 Å². The number of nitrogens with one attached hydrogen (secondary N) is 1. The van der Waals surface area contributed by atoms with Gasteiger partial charge in [0.25, 0.3) is 11.5 Å². The highest BCUT2D eigenvalue weighted by atomic mass is 35.5. The average Bonchev–Trinajstić information content (AvgIpc) is 3.14. The molecular weight excluding hydrogens is 452 g/mol. The van der Waals surface area contributed by atoms with E-state index in [-0.39, 0.29) is 16.9 Å². The summed E-state index contributed by atoms with van der Waals surface area (Å²) in [5, 5.41) is 8.60. The number of nitrogens with zero attached hydrogens (tertiary/aromatic N) is 4. The summed E-state index contributed by atoms with van der Waals surface area (Å²) < 4.78 is 3.04. The minimum absolute atomic E-state index is 0.0739. The SMILES string of the molecule is Cc1cccc(-n2c(C(C)NC(=O)c3c(N)nn4cccnc34)cc3cccc(Cl)c3c2=O)c1. The fourth-order valence-corrected chi connectivity index (χ4v) is 4.42. The Labute approximate surface area is 199 Å². The molecule has 1 atom stereocenters. The van der Waals surface area contributed by atoms with Crippen LogP contribution in [0.25, 0.3) is 22.1 Å². The number of pyridine rings is 1. The number of amides is 1. The van der Waals surface area contributed by atoms with Gasteiger partial charge in [-0.3, -0.25) is 14.2 Å². The fraction of sp³-hybridized carbons (Fsp3) is 0.120. The summed E-state index contributed by atoms with van der Waals surface area (Å²) >= 11 is 6.40. The van der Waals surface area contributed by atoms with E-state index in [1.165, 1.54) is 4.52 Å². The Morgan fingerprint density at radius 3 is 2.74 bits per heavy atom. The summed E-state index contributed by atoms with van der Waals surface area (Å²) in [5.41, 5.74) is 8.57.